The minimum atomic E-state index is 0.00622. The van der Waals surface area contributed by atoms with Crippen molar-refractivity contribution in [2.24, 2.45) is 0 Å². The van der Waals surface area contributed by atoms with Gasteiger partial charge in [0.2, 0.25) is 0 Å². The van der Waals surface area contributed by atoms with E-state index in [-0.39, 0.29) is 5.91 Å². The number of carbonyl (C=O) groups excluding carboxylic acids is 1. The summed E-state index contributed by atoms with van der Waals surface area (Å²) in [5, 5.41) is 9.60. The monoisotopic (exact) mass is 256 g/mol. The van der Waals surface area contributed by atoms with E-state index in [1.54, 1.807) is 6.20 Å². The highest BCUT2D eigenvalue weighted by Crippen LogP contribution is 2.26. The summed E-state index contributed by atoms with van der Waals surface area (Å²) in [6, 6.07) is 6.07. The Kier molecular flexibility index (Phi) is 2.74. The zero-order chi connectivity index (χ0) is 13.4. The van der Waals surface area contributed by atoms with Crippen LogP contribution in [0.15, 0.2) is 24.4 Å². The van der Waals surface area contributed by atoms with E-state index < -0.39 is 0 Å². The summed E-state index contributed by atoms with van der Waals surface area (Å²) in [5.74, 6) is 0.543. The minimum absolute atomic E-state index is 0.00622. The highest BCUT2D eigenvalue weighted by molar-refractivity contribution is 5.96. The molecule has 1 aromatic heterocycles. The Hall–Kier alpha value is -2.30. The second kappa shape index (κ2) is 4.42. The molecular formula is C14H16N4O. The zero-order valence-corrected chi connectivity index (χ0v) is 10.7. The van der Waals surface area contributed by atoms with Crippen LogP contribution in [-0.2, 0) is 0 Å². The molecule has 0 spiro atoms. The Morgan fingerprint density at radius 2 is 2.26 bits per heavy atom. The van der Waals surface area contributed by atoms with E-state index in [0.29, 0.717) is 11.9 Å². The van der Waals surface area contributed by atoms with E-state index >= 15 is 0 Å². The first-order chi connectivity index (χ1) is 9.15. The van der Waals surface area contributed by atoms with Crippen molar-refractivity contribution in [3.05, 3.63) is 35.5 Å². The number of carbonyl (C=O) groups is 1. The lowest BCUT2D eigenvalue weighted by Gasteiger charge is -2.08. The molecule has 4 N–H and O–H groups in total. The van der Waals surface area contributed by atoms with Gasteiger partial charge in [-0.1, -0.05) is 12.1 Å². The fourth-order valence-corrected chi connectivity index (χ4v) is 2.10. The van der Waals surface area contributed by atoms with Gasteiger partial charge in [0, 0.05) is 17.2 Å². The third-order valence-corrected chi connectivity index (χ3v) is 3.36. The number of rotatable bonds is 3. The van der Waals surface area contributed by atoms with Gasteiger partial charge in [-0.05, 0) is 37.0 Å². The van der Waals surface area contributed by atoms with E-state index in [1.807, 2.05) is 25.1 Å². The number of aromatic nitrogens is 2. The molecule has 0 atom stereocenters. The normalized spacial score (nSPS) is 14.4. The van der Waals surface area contributed by atoms with Crippen molar-refractivity contribution in [3.8, 4) is 11.1 Å². The Balaban J connectivity index is 1.89. The molecule has 0 unspecified atom stereocenters. The molecule has 0 saturated heterocycles. The maximum Gasteiger partial charge on any atom is 0.251 e. The maximum absolute atomic E-state index is 12.0. The molecule has 1 aromatic carbocycles. The minimum Gasteiger partial charge on any atom is -0.384 e. The number of hydrogen-bond acceptors (Lipinski definition) is 3. The first-order valence-corrected chi connectivity index (χ1v) is 6.36. The molecule has 1 aliphatic rings. The average molecular weight is 256 g/mol. The summed E-state index contributed by atoms with van der Waals surface area (Å²) in [5.41, 5.74) is 9.28. The number of hydrogen-bond donors (Lipinski definition) is 3. The largest absolute Gasteiger partial charge is 0.384 e. The molecule has 0 bridgehead atoms. The molecule has 2 aromatic rings. The SMILES string of the molecule is Cc1cc(-c2cn[nH]c2N)ccc1C(=O)NC1CC1. The third-order valence-electron chi connectivity index (χ3n) is 3.36. The number of nitrogen functional groups attached to an aromatic ring is 1. The van der Waals surface area contributed by atoms with Crippen LogP contribution in [-0.4, -0.2) is 22.1 Å². The van der Waals surface area contributed by atoms with Gasteiger partial charge < -0.3 is 11.1 Å². The number of benzene rings is 1. The summed E-state index contributed by atoms with van der Waals surface area (Å²) >= 11 is 0. The van der Waals surface area contributed by atoms with Crippen molar-refractivity contribution in [2.75, 3.05) is 5.73 Å². The summed E-state index contributed by atoms with van der Waals surface area (Å²) in [4.78, 5) is 12.0. The zero-order valence-electron chi connectivity index (χ0n) is 10.7. The Bertz CT molecular complexity index is 628. The van der Waals surface area contributed by atoms with Crippen LogP contribution in [0.1, 0.15) is 28.8 Å². The lowest BCUT2D eigenvalue weighted by Crippen LogP contribution is -2.26. The van der Waals surface area contributed by atoms with Crippen molar-refractivity contribution in [2.45, 2.75) is 25.8 Å². The predicted molar refractivity (Wildman–Crippen MR) is 73.7 cm³/mol. The van der Waals surface area contributed by atoms with Crippen molar-refractivity contribution < 1.29 is 4.79 Å². The van der Waals surface area contributed by atoms with E-state index in [2.05, 4.69) is 15.5 Å². The van der Waals surface area contributed by atoms with E-state index in [1.165, 1.54) is 0 Å². The second-order valence-electron chi connectivity index (χ2n) is 4.97. The van der Waals surface area contributed by atoms with Gasteiger partial charge in [-0.2, -0.15) is 5.10 Å². The number of nitrogens with two attached hydrogens (primary N) is 1. The first kappa shape index (κ1) is 11.8. The number of aryl methyl sites for hydroxylation is 1. The molecular weight excluding hydrogens is 240 g/mol. The molecule has 3 rings (SSSR count). The fourth-order valence-electron chi connectivity index (χ4n) is 2.10. The van der Waals surface area contributed by atoms with E-state index in [0.717, 1.165) is 35.1 Å². The van der Waals surface area contributed by atoms with Crippen LogP contribution in [0.4, 0.5) is 5.82 Å². The number of anilines is 1. The third kappa shape index (κ3) is 2.31. The van der Waals surface area contributed by atoms with Crippen LogP contribution in [0.3, 0.4) is 0 Å². The van der Waals surface area contributed by atoms with Gasteiger partial charge in [-0.25, -0.2) is 0 Å². The van der Waals surface area contributed by atoms with Gasteiger partial charge in [0.05, 0.1) is 6.20 Å². The molecule has 1 fully saturated rings. The number of amides is 1. The van der Waals surface area contributed by atoms with Crippen LogP contribution < -0.4 is 11.1 Å². The lowest BCUT2D eigenvalue weighted by molar-refractivity contribution is 0.0950. The number of nitrogens with zero attached hydrogens (tertiary/aromatic N) is 1. The summed E-state index contributed by atoms with van der Waals surface area (Å²) in [7, 11) is 0. The van der Waals surface area contributed by atoms with Crippen LogP contribution in [0.25, 0.3) is 11.1 Å². The predicted octanol–water partition coefficient (Wildman–Crippen LogP) is 1.86. The van der Waals surface area contributed by atoms with Gasteiger partial charge in [0.15, 0.2) is 0 Å². The molecule has 5 nitrogen and oxygen atoms in total. The molecule has 0 radical (unpaired) electrons. The number of H-pyrrole nitrogens is 1. The quantitative estimate of drug-likeness (QED) is 0.783. The van der Waals surface area contributed by atoms with Gasteiger partial charge in [0.1, 0.15) is 5.82 Å². The topological polar surface area (TPSA) is 83.8 Å². The molecule has 1 aliphatic carbocycles. The fraction of sp³-hybridized carbons (Fsp3) is 0.286. The summed E-state index contributed by atoms with van der Waals surface area (Å²) < 4.78 is 0. The van der Waals surface area contributed by atoms with Crippen LogP contribution in [0, 0.1) is 6.92 Å². The van der Waals surface area contributed by atoms with Crippen molar-refractivity contribution in [3.63, 3.8) is 0 Å². The average Bonchev–Trinajstić information content (AvgIpc) is 3.08. The molecule has 1 amide bonds. The Morgan fingerprint density at radius 1 is 1.47 bits per heavy atom. The van der Waals surface area contributed by atoms with E-state index in [9.17, 15) is 4.79 Å². The highest BCUT2D eigenvalue weighted by atomic mass is 16.1. The molecule has 19 heavy (non-hydrogen) atoms. The molecule has 1 heterocycles. The van der Waals surface area contributed by atoms with Crippen LogP contribution in [0.5, 0.6) is 0 Å². The molecule has 5 heteroatoms. The van der Waals surface area contributed by atoms with Gasteiger partial charge in [0.25, 0.3) is 5.91 Å². The van der Waals surface area contributed by atoms with Crippen molar-refractivity contribution >= 4 is 11.7 Å². The van der Waals surface area contributed by atoms with E-state index in [4.69, 9.17) is 5.73 Å². The molecule has 98 valence electrons. The second-order valence-corrected chi connectivity index (χ2v) is 4.97. The number of nitrogens with one attached hydrogen (secondary N) is 2. The van der Waals surface area contributed by atoms with Crippen LogP contribution >= 0.6 is 0 Å². The molecule has 1 saturated carbocycles. The van der Waals surface area contributed by atoms with Gasteiger partial charge in [-0.15, -0.1) is 0 Å². The standard InChI is InChI=1S/C14H16N4O/c1-8-6-9(12-7-16-18-13(12)15)2-5-11(8)14(19)17-10-3-4-10/h2,5-7,10H,3-4H2,1H3,(H,17,19)(H3,15,16,18). The Morgan fingerprint density at radius 3 is 2.84 bits per heavy atom. The summed E-state index contributed by atoms with van der Waals surface area (Å²) in [6.07, 6.45) is 3.87. The molecule has 0 aliphatic heterocycles. The lowest BCUT2D eigenvalue weighted by atomic mass is 10.0. The Labute approximate surface area is 111 Å². The highest BCUT2D eigenvalue weighted by Gasteiger charge is 2.24. The van der Waals surface area contributed by atoms with Crippen LogP contribution in [0.2, 0.25) is 0 Å². The van der Waals surface area contributed by atoms with Crippen molar-refractivity contribution in [1.82, 2.24) is 15.5 Å². The van der Waals surface area contributed by atoms with Gasteiger partial charge in [-0.3, -0.25) is 9.89 Å². The maximum atomic E-state index is 12.0. The van der Waals surface area contributed by atoms with Gasteiger partial charge >= 0.3 is 0 Å². The van der Waals surface area contributed by atoms with Crippen molar-refractivity contribution in [1.29, 1.82) is 0 Å². The number of aromatic amines is 1. The summed E-state index contributed by atoms with van der Waals surface area (Å²) in [6.45, 7) is 1.93. The first-order valence-electron chi connectivity index (χ1n) is 6.36. The smallest absolute Gasteiger partial charge is 0.251 e.